The molecule has 0 atom stereocenters. The summed E-state index contributed by atoms with van der Waals surface area (Å²) in [6.45, 7) is 2.67. The Kier molecular flexibility index (Phi) is 7.20. The average Bonchev–Trinajstić information content (AvgIpc) is 3.30. The van der Waals surface area contributed by atoms with Crippen molar-refractivity contribution in [1.29, 1.82) is 0 Å². The van der Waals surface area contributed by atoms with Crippen molar-refractivity contribution in [2.24, 2.45) is 5.92 Å². The number of hydrogen-bond donors (Lipinski definition) is 2. The highest BCUT2D eigenvalue weighted by atomic mass is 35.5. The second kappa shape index (κ2) is 10.8. The zero-order chi connectivity index (χ0) is 24.9. The fraction of sp³-hybridized carbons (Fsp3) is 0.269. The van der Waals surface area contributed by atoms with Crippen LogP contribution in [0.2, 0.25) is 5.02 Å². The molecule has 186 valence electrons. The van der Waals surface area contributed by atoms with E-state index in [1.165, 1.54) is 19.4 Å². The minimum absolute atomic E-state index is 0.158. The number of carbonyl (C=O) groups is 1. The van der Waals surface area contributed by atoms with Crippen LogP contribution in [0, 0.1) is 5.92 Å². The molecule has 0 unspecified atom stereocenters. The lowest BCUT2D eigenvalue weighted by Gasteiger charge is -2.23. The van der Waals surface area contributed by atoms with E-state index in [1.54, 1.807) is 30.3 Å². The van der Waals surface area contributed by atoms with E-state index < -0.39 is 5.97 Å². The van der Waals surface area contributed by atoms with E-state index in [-0.39, 0.29) is 5.69 Å². The van der Waals surface area contributed by atoms with Gasteiger partial charge in [-0.1, -0.05) is 11.6 Å². The summed E-state index contributed by atoms with van der Waals surface area (Å²) < 4.78 is 22.4. The topological polar surface area (TPSA) is 108 Å². The molecule has 2 aromatic carbocycles. The van der Waals surface area contributed by atoms with Crippen LogP contribution in [0.4, 0.5) is 11.7 Å². The van der Waals surface area contributed by atoms with Crippen molar-refractivity contribution in [3.63, 3.8) is 0 Å². The summed E-state index contributed by atoms with van der Waals surface area (Å²) in [5, 5.41) is 7.08. The maximum absolute atomic E-state index is 11.7. The molecule has 36 heavy (non-hydrogen) atoms. The minimum Gasteiger partial charge on any atom is -0.492 e. The Bertz CT molecular complexity index is 1370. The molecule has 9 nitrogen and oxygen atoms in total. The van der Waals surface area contributed by atoms with Gasteiger partial charge in [0.05, 0.1) is 18.7 Å². The number of halogens is 1. The van der Waals surface area contributed by atoms with Crippen molar-refractivity contribution in [3.05, 3.63) is 65.4 Å². The largest absolute Gasteiger partial charge is 0.492 e. The number of anilines is 2. The average molecular weight is 509 g/mol. The summed E-state index contributed by atoms with van der Waals surface area (Å²) >= 11 is 6.35. The monoisotopic (exact) mass is 508 g/mol. The van der Waals surface area contributed by atoms with E-state index in [0.29, 0.717) is 51.9 Å². The number of hydrogen-bond acceptors (Lipinski definition) is 9. The molecule has 0 radical (unpaired) electrons. The molecule has 4 aromatic rings. The maximum Gasteiger partial charge on any atom is 0.356 e. The van der Waals surface area contributed by atoms with Gasteiger partial charge in [0.2, 0.25) is 0 Å². The second-order valence-electron chi connectivity index (χ2n) is 8.39. The molecular formula is C26H25ClN4O5. The smallest absolute Gasteiger partial charge is 0.356 e. The van der Waals surface area contributed by atoms with Crippen molar-refractivity contribution >= 4 is 40.4 Å². The van der Waals surface area contributed by atoms with Gasteiger partial charge in [0, 0.05) is 30.1 Å². The van der Waals surface area contributed by atoms with Crippen LogP contribution in [0.25, 0.3) is 11.1 Å². The van der Waals surface area contributed by atoms with Gasteiger partial charge in [-0.25, -0.2) is 9.78 Å². The number of rotatable bonds is 8. The quantitative estimate of drug-likeness (QED) is 0.295. The molecule has 10 heteroatoms. The molecule has 0 saturated carbocycles. The summed E-state index contributed by atoms with van der Waals surface area (Å²) in [4.78, 5) is 20.2. The first-order valence-electron chi connectivity index (χ1n) is 11.6. The first-order chi connectivity index (χ1) is 17.6. The third kappa shape index (κ3) is 5.69. The van der Waals surface area contributed by atoms with Gasteiger partial charge < -0.3 is 29.3 Å². The molecule has 5 rings (SSSR count). The predicted octanol–water partition coefficient (Wildman–Crippen LogP) is 5.58. The summed E-state index contributed by atoms with van der Waals surface area (Å²) in [6, 6.07) is 14.2. The van der Waals surface area contributed by atoms with E-state index in [1.807, 2.05) is 12.1 Å². The van der Waals surface area contributed by atoms with E-state index in [0.717, 1.165) is 31.6 Å². The Balaban J connectivity index is 1.27. The maximum atomic E-state index is 11.7. The third-order valence-corrected chi connectivity index (χ3v) is 6.15. The van der Waals surface area contributed by atoms with E-state index in [2.05, 4.69) is 20.6 Å². The van der Waals surface area contributed by atoms with Gasteiger partial charge in [0.1, 0.15) is 22.8 Å². The number of ether oxygens (including phenoxy) is 3. The highest BCUT2D eigenvalue weighted by Crippen LogP contribution is 2.32. The Hall–Kier alpha value is -3.82. The fourth-order valence-electron chi connectivity index (χ4n) is 3.92. The molecular weight excluding hydrogens is 484 g/mol. The van der Waals surface area contributed by atoms with Crippen LogP contribution in [0.15, 0.2) is 59.1 Å². The van der Waals surface area contributed by atoms with E-state index in [4.69, 9.17) is 30.2 Å². The zero-order valence-electron chi connectivity index (χ0n) is 19.6. The van der Waals surface area contributed by atoms with Gasteiger partial charge in [-0.05, 0) is 62.2 Å². The molecule has 0 spiro atoms. The lowest BCUT2D eigenvalue weighted by molar-refractivity contribution is 0.0593. The second-order valence-corrected chi connectivity index (χ2v) is 8.80. The van der Waals surface area contributed by atoms with Crippen LogP contribution in [-0.2, 0) is 4.74 Å². The lowest BCUT2D eigenvalue weighted by atomic mass is 9.99. The normalized spacial score (nSPS) is 13.9. The van der Waals surface area contributed by atoms with Crippen LogP contribution >= 0.6 is 11.6 Å². The van der Waals surface area contributed by atoms with Crippen LogP contribution in [-0.4, -0.2) is 42.7 Å². The lowest BCUT2D eigenvalue weighted by Crippen LogP contribution is -2.30. The van der Waals surface area contributed by atoms with E-state index in [9.17, 15) is 4.79 Å². The van der Waals surface area contributed by atoms with Gasteiger partial charge in [-0.2, -0.15) is 4.98 Å². The fourth-order valence-corrected chi connectivity index (χ4v) is 4.09. The number of methoxy groups -OCH3 is 1. The summed E-state index contributed by atoms with van der Waals surface area (Å²) in [5.41, 5.74) is 2.10. The number of nitrogens with one attached hydrogen (secondary N) is 2. The number of pyridine rings is 1. The van der Waals surface area contributed by atoms with Crippen molar-refractivity contribution in [3.8, 4) is 17.2 Å². The Morgan fingerprint density at radius 1 is 1.14 bits per heavy atom. The molecule has 1 fully saturated rings. The van der Waals surface area contributed by atoms with Gasteiger partial charge in [-0.3, -0.25) is 0 Å². The standard InChI is InChI=1S/C26H25ClN4O5/c1-33-25(32)22-14-19(8-11-29-22)35-18-3-5-23-21(13-18)31-26(36-23)30-17-2-4-20(27)24(12-17)34-15-16-6-9-28-10-7-16/h2-5,8,11-14,16,28H,6-7,9-10,15H2,1H3,(H,30,31). The highest BCUT2D eigenvalue weighted by Gasteiger charge is 2.15. The SMILES string of the molecule is COC(=O)c1cc(Oc2ccc3oc(Nc4ccc(Cl)c(OCC5CCNCC5)c4)nc3c2)ccn1. The first kappa shape index (κ1) is 23.9. The molecule has 2 N–H and O–H groups in total. The number of carbonyl (C=O) groups excluding carboxylic acids is 1. The van der Waals surface area contributed by atoms with Gasteiger partial charge in [0.25, 0.3) is 6.01 Å². The van der Waals surface area contributed by atoms with Crippen LogP contribution in [0.1, 0.15) is 23.3 Å². The molecule has 3 heterocycles. The van der Waals surface area contributed by atoms with Crippen LogP contribution in [0.3, 0.4) is 0 Å². The van der Waals surface area contributed by atoms with Crippen molar-refractivity contribution in [2.45, 2.75) is 12.8 Å². The summed E-state index contributed by atoms with van der Waals surface area (Å²) in [7, 11) is 1.30. The number of aromatic nitrogens is 2. The first-order valence-corrected chi connectivity index (χ1v) is 12.0. The third-order valence-electron chi connectivity index (χ3n) is 5.84. The molecule has 1 saturated heterocycles. The number of piperidine rings is 1. The highest BCUT2D eigenvalue weighted by molar-refractivity contribution is 6.32. The van der Waals surface area contributed by atoms with Crippen molar-refractivity contribution < 1.29 is 23.4 Å². The number of oxazole rings is 1. The van der Waals surface area contributed by atoms with Crippen LogP contribution < -0.4 is 20.1 Å². The van der Waals surface area contributed by atoms with Crippen LogP contribution in [0.5, 0.6) is 17.2 Å². The minimum atomic E-state index is -0.537. The molecule has 0 bridgehead atoms. The zero-order valence-corrected chi connectivity index (χ0v) is 20.4. The Morgan fingerprint density at radius 3 is 2.81 bits per heavy atom. The van der Waals surface area contributed by atoms with Gasteiger partial charge in [0.15, 0.2) is 11.3 Å². The summed E-state index contributed by atoms with van der Waals surface area (Å²) in [6.07, 6.45) is 3.67. The number of nitrogens with zero attached hydrogens (tertiary/aromatic N) is 2. The number of esters is 1. The molecule has 0 amide bonds. The molecule has 2 aromatic heterocycles. The predicted molar refractivity (Wildman–Crippen MR) is 135 cm³/mol. The number of benzene rings is 2. The molecule has 1 aliphatic rings. The summed E-state index contributed by atoms with van der Waals surface area (Å²) in [5.74, 6) is 1.58. The van der Waals surface area contributed by atoms with Crippen molar-refractivity contribution in [1.82, 2.24) is 15.3 Å². The van der Waals surface area contributed by atoms with Gasteiger partial charge in [-0.15, -0.1) is 0 Å². The Morgan fingerprint density at radius 2 is 1.97 bits per heavy atom. The van der Waals surface area contributed by atoms with Gasteiger partial charge >= 0.3 is 5.97 Å². The molecule has 0 aliphatic carbocycles. The Labute approximate surface area is 212 Å². The number of fused-ring (bicyclic) bond motifs is 1. The van der Waals surface area contributed by atoms with Crippen molar-refractivity contribution in [2.75, 3.05) is 32.1 Å². The molecule has 1 aliphatic heterocycles. The van der Waals surface area contributed by atoms with E-state index >= 15 is 0 Å².